The van der Waals surface area contributed by atoms with Crippen LogP contribution in [0.25, 0.3) is 77.6 Å². The molecule has 2 aliphatic rings. The molecule has 1 aliphatic heterocycles. The van der Waals surface area contributed by atoms with Crippen LogP contribution in [0.1, 0.15) is 22.3 Å². The summed E-state index contributed by atoms with van der Waals surface area (Å²) in [5.41, 5.74) is 9.10. The fourth-order valence-corrected chi connectivity index (χ4v) is 10.1. The predicted molar refractivity (Wildman–Crippen MR) is 253 cm³/mol. The van der Waals surface area contributed by atoms with Crippen LogP contribution in [0.15, 0.2) is 212 Å². The second kappa shape index (κ2) is 13.8. The van der Waals surface area contributed by atoms with Crippen LogP contribution in [-0.2, 0) is 5.41 Å². The van der Waals surface area contributed by atoms with Crippen LogP contribution in [0.2, 0.25) is 0 Å². The zero-order chi connectivity index (χ0) is 41.5. The van der Waals surface area contributed by atoms with Crippen molar-refractivity contribution in [1.82, 2.24) is 15.0 Å². The first-order valence-corrected chi connectivity index (χ1v) is 21.3. The van der Waals surface area contributed by atoms with E-state index in [0.29, 0.717) is 40.5 Å². The first kappa shape index (κ1) is 35.4. The molecule has 11 aromatic rings. The Labute approximate surface area is 363 Å². The van der Waals surface area contributed by atoms with Gasteiger partial charge in [-0.25, -0.2) is 15.0 Å². The lowest BCUT2D eigenvalue weighted by Gasteiger charge is -2.34. The standard InChI is InChI=1S/C58H35N3O2/c1-4-16-36(17-5-1)55-59-56(37-28-30-45-43-24-11-10-22-41(43)42-23-12-13-25-44(42)47(45)32-37)61-57(60-55)38-29-31-51-52(33-38)63-54-35-50-48(34-53(54)62-51)46-26-14-15-27-49(46)58(50,39-18-6-2-7-19-39)40-20-8-3-9-21-40/h1-35H. The van der Waals surface area contributed by atoms with Gasteiger partial charge in [-0.2, -0.15) is 0 Å². The Morgan fingerprint density at radius 2 is 0.746 bits per heavy atom. The third kappa shape index (κ3) is 5.40. The van der Waals surface area contributed by atoms with Crippen LogP contribution in [0.5, 0.6) is 23.0 Å². The van der Waals surface area contributed by atoms with Gasteiger partial charge < -0.3 is 9.47 Å². The molecular weight excluding hydrogens is 771 g/mol. The summed E-state index contributed by atoms with van der Waals surface area (Å²) < 4.78 is 13.6. The van der Waals surface area contributed by atoms with E-state index in [-0.39, 0.29) is 0 Å². The largest absolute Gasteiger partial charge is 0.449 e. The van der Waals surface area contributed by atoms with Gasteiger partial charge in [-0.05, 0) is 102 Å². The Morgan fingerprint density at radius 3 is 1.40 bits per heavy atom. The van der Waals surface area contributed by atoms with Gasteiger partial charge in [0.15, 0.2) is 40.5 Å². The van der Waals surface area contributed by atoms with E-state index in [9.17, 15) is 0 Å². The molecule has 1 aliphatic carbocycles. The minimum Gasteiger partial charge on any atom is -0.449 e. The molecule has 2 heterocycles. The normalized spacial score (nSPS) is 13.1. The zero-order valence-corrected chi connectivity index (χ0v) is 33.9. The molecule has 294 valence electrons. The minimum absolute atomic E-state index is 0.538. The van der Waals surface area contributed by atoms with Crippen molar-refractivity contribution in [2.75, 3.05) is 0 Å². The van der Waals surface area contributed by atoms with E-state index < -0.39 is 5.41 Å². The lowest BCUT2D eigenvalue weighted by Crippen LogP contribution is -2.28. The van der Waals surface area contributed by atoms with Crippen molar-refractivity contribution in [3.8, 4) is 68.3 Å². The maximum absolute atomic E-state index is 6.89. The third-order valence-corrected chi connectivity index (χ3v) is 12.8. The van der Waals surface area contributed by atoms with Gasteiger partial charge in [0.25, 0.3) is 0 Å². The Balaban J connectivity index is 0.947. The SMILES string of the molecule is c1ccc(-c2nc(-c3ccc4c(c3)Oc3cc5c(cc3O4)-c3ccccc3C5(c3ccccc3)c3ccccc3)nc(-c3ccc4c5ccccc5c5ccccc5c4c3)n2)cc1. The number of hydrogen-bond donors (Lipinski definition) is 0. The van der Waals surface area contributed by atoms with E-state index in [4.69, 9.17) is 24.4 Å². The fourth-order valence-electron chi connectivity index (χ4n) is 10.1. The Hall–Kier alpha value is -8.41. The molecular formula is C58H35N3O2. The molecule has 10 aromatic carbocycles. The Bertz CT molecular complexity index is 3550. The Morgan fingerprint density at radius 1 is 0.286 bits per heavy atom. The van der Waals surface area contributed by atoms with Crippen LogP contribution < -0.4 is 9.47 Å². The summed E-state index contributed by atoms with van der Waals surface area (Å²) in [6.45, 7) is 0. The molecule has 0 saturated carbocycles. The van der Waals surface area contributed by atoms with Crippen LogP contribution in [0, 0.1) is 0 Å². The summed E-state index contributed by atoms with van der Waals surface area (Å²) in [6, 6.07) is 74.4. The van der Waals surface area contributed by atoms with E-state index >= 15 is 0 Å². The molecule has 0 amide bonds. The van der Waals surface area contributed by atoms with Gasteiger partial charge in [-0.15, -0.1) is 0 Å². The maximum atomic E-state index is 6.89. The second-order valence-electron chi connectivity index (χ2n) is 16.3. The monoisotopic (exact) mass is 805 g/mol. The summed E-state index contributed by atoms with van der Waals surface area (Å²) in [6.07, 6.45) is 0. The first-order chi connectivity index (χ1) is 31.2. The highest BCUT2D eigenvalue weighted by molar-refractivity contribution is 6.25. The van der Waals surface area contributed by atoms with E-state index in [0.717, 1.165) is 33.2 Å². The van der Waals surface area contributed by atoms with Gasteiger partial charge in [-0.1, -0.05) is 176 Å². The molecule has 0 N–H and O–H groups in total. The topological polar surface area (TPSA) is 57.1 Å². The van der Waals surface area contributed by atoms with Gasteiger partial charge in [-0.3, -0.25) is 0 Å². The number of benzene rings is 10. The second-order valence-corrected chi connectivity index (χ2v) is 16.3. The zero-order valence-electron chi connectivity index (χ0n) is 33.9. The van der Waals surface area contributed by atoms with Gasteiger partial charge in [0.1, 0.15) is 0 Å². The molecule has 0 unspecified atom stereocenters. The quantitative estimate of drug-likeness (QED) is 0.162. The van der Waals surface area contributed by atoms with Gasteiger partial charge >= 0.3 is 0 Å². The molecule has 63 heavy (non-hydrogen) atoms. The summed E-state index contributed by atoms with van der Waals surface area (Å²) >= 11 is 0. The number of fused-ring (bicyclic) bond motifs is 11. The Kier molecular flexibility index (Phi) is 7.75. The van der Waals surface area contributed by atoms with Crippen molar-refractivity contribution in [3.63, 3.8) is 0 Å². The molecule has 5 nitrogen and oxygen atoms in total. The van der Waals surface area contributed by atoms with Crippen molar-refractivity contribution < 1.29 is 9.47 Å². The number of nitrogens with zero attached hydrogens (tertiary/aromatic N) is 3. The highest BCUT2D eigenvalue weighted by atomic mass is 16.6. The first-order valence-electron chi connectivity index (χ1n) is 21.3. The highest BCUT2D eigenvalue weighted by Crippen LogP contribution is 2.60. The molecule has 5 heteroatoms. The summed E-state index contributed by atoms with van der Waals surface area (Å²) in [5.74, 6) is 4.26. The van der Waals surface area contributed by atoms with Crippen molar-refractivity contribution in [2.45, 2.75) is 5.41 Å². The summed E-state index contributed by atoms with van der Waals surface area (Å²) in [7, 11) is 0. The smallest absolute Gasteiger partial charge is 0.170 e. The molecule has 1 aromatic heterocycles. The number of aromatic nitrogens is 3. The molecule has 0 saturated heterocycles. The summed E-state index contributed by atoms with van der Waals surface area (Å²) in [4.78, 5) is 15.4. The van der Waals surface area contributed by atoms with E-state index in [1.54, 1.807) is 0 Å². The molecule has 0 radical (unpaired) electrons. The van der Waals surface area contributed by atoms with Crippen LogP contribution in [0.3, 0.4) is 0 Å². The molecule has 0 atom stereocenters. The summed E-state index contributed by atoms with van der Waals surface area (Å²) in [5, 5.41) is 7.22. The van der Waals surface area contributed by atoms with Crippen molar-refractivity contribution in [3.05, 3.63) is 235 Å². The predicted octanol–water partition coefficient (Wildman–Crippen LogP) is 14.6. The van der Waals surface area contributed by atoms with Crippen LogP contribution in [0.4, 0.5) is 0 Å². The minimum atomic E-state index is -0.563. The fraction of sp³-hybridized carbons (Fsp3) is 0.0172. The van der Waals surface area contributed by atoms with E-state index in [2.05, 4.69) is 164 Å². The number of hydrogen-bond acceptors (Lipinski definition) is 5. The number of rotatable bonds is 5. The van der Waals surface area contributed by atoms with E-state index in [1.807, 2.05) is 48.5 Å². The average Bonchev–Trinajstić information content (AvgIpc) is 3.65. The van der Waals surface area contributed by atoms with Gasteiger partial charge in [0.05, 0.1) is 5.41 Å². The highest BCUT2D eigenvalue weighted by Gasteiger charge is 2.47. The lowest BCUT2D eigenvalue weighted by molar-refractivity contribution is 0.359. The van der Waals surface area contributed by atoms with Crippen molar-refractivity contribution in [2.24, 2.45) is 0 Å². The van der Waals surface area contributed by atoms with E-state index in [1.165, 1.54) is 49.2 Å². The van der Waals surface area contributed by atoms with Crippen molar-refractivity contribution in [1.29, 1.82) is 0 Å². The molecule has 13 rings (SSSR count). The van der Waals surface area contributed by atoms with Crippen LogP contribution in [-0.4, -0.2) is 15.0 Å². The van der Waals surface area contributed by atoms with Crippen molar-refractivity contribution >= 4 is 32.3 Å². The molecule has 0 spiro atoms. The average molecular weight is 806 g/mol. The maximum Gasteiger partial charge on any atom is 0.170 e. The lowest BCUT2D eigenvalue weighted by atomic mass is 9.67. The van der Waals surface area contributed by atoms with Gasteiger partial charge in [0.2, 0.25) is 0 Å². The molecule has 0 bridgehead atoms. The van der Waals surface area contributed by atoms with Crippen LogP contribution >= 0.6 is 0 Å². The number of ether oxygens (including phenoxy) is 2. The van der Waals surface area contributed by atoms with Gasteiger partial charge in [0, 0.05) is 16.7 Å². The molecule has 0 fully saturated rings. The third-order valence-electron chi connectivity index (χ3n) is 12.8.